The lowest BCUT2D eigenvalue weighted by Crippen LogP contribution is -2.41. The zero-order valence-corrected chi connectivity index (χ0v) is 11.6. The smallest absolute Gasteiger partial charge is 0.00500 e. The molecular weight excluding hydrogens is 196 g/mol. The first-order chi connectivity index (χ1) is 7.56. The summed E-state index contributed by atoms with van der Waals surface area (Å²) in [6.45, 7) is 13.9. The second-order valence-electron chi connectivity index (χ2n) is 5.94. The van der Waals surface area contributed by atoms with E-state index in [0.29, 0.717) is 5.41 Å². The first kappa shape index (κ1) is 14.0. The third-order valence-corrected chi connectivity index (χ3v) is 4.74. The third-order valence-electron chi connectivity index (χ3n) is 4.74. The Balaban J connectivity index is 2.48. The lowest BCUT2D eigenvalue weighted by atomic mass is 9.82. The number of hydrogen-bond acceptors (Lipinski definition) is 2. The summed E-state index contributed by atoms with van der Waals surface area (Å²) in [4.78, 5) is 2.64. The molecule has 16 heavy (non-hydrogen) atoms. The molecule has 0 bridgehead atoms. The van der Waals surface area contributed by atoms with Gasteiger partial charge in [-0.1, -0.05) is 27.7 Å². The van der Waals surface area contributed by atoms with Crippen LogP contribution in [0, 0.1) is 17.3 Å². The van der Waals surface area contributed by atoms with Crippen molar-refractivity contribution in [1.29, 1.82) is 0 Å². The highest BCUT2D eigenvalue weighted by Crippen LogP contribution is 2.30. The SMILES string of the molecule is CCC(CC)(CN)CN1CCC(C(C)C)C1. The minimum absolute atomic E-state index is 0.367. The van der Waals surface area contributed by atoms with Crippen LogP contribution in [0.3, 0.4) is 0 Å². The summed E-state index contributed by atoms with van der Waals surface area (Å²) < 4.78 is 0. The molecule has 1 heterocycles. The van der Waals surface area contributed by atoms with Crippen molar-refractivity contribution in [2.75, 3.05) is 26.2 Å². The van der Waals surface area contributed by atoms with E-state index in [1.807, 2.05) is 0 Å². The number of hydrogen-bond donors (Lipinski definition) is 1. The summed E-state index contributed by atoms with van der Waals surface area (Å²) in [6, 6.07) is 0. The van der Waals surface area contributed by atoms with Crippen molar-refractivity contribution in [3.63, 3.8) is 0 Å². The van der Waals surface area contributed by atoms with Crippen molar-refractivity contribution in [1.82, 2.24) is 4.90 Å². The van der Waals surface area contributed by atoms with Crippen molar-refractivity contribution in [3.8, 4) is 0 Å². The predicted octanol–water partition coefficient (Wildman–Crippen LogP) is 2.73. The standard InChI is InChI=1S/C14H30N2/c1-5-14(6-2,10-15)11-16-8-7-13(9-16)12(3)4/h12-13H,5-11,15H2,1-4H3. The monoisotopic (exact) mass is 226 g/mol. The van der Waals surface area contributed by atoms with E-state index in [0.717, 1.165) is 18.4 Å². The van der Waals surface area contributed by atoms with Gasteiger partial charge in [-0.2, -0.15) is 0 Å². The van der Waals surface area contributed by atoms with Gasteiger partial charge in [0.25, 0.3) is 0 Å². The molecule has 0 aromatic heterocycles. The van der Waals surface area contributed by atoms with Gasteiger partial charge in [-0.3, -0.25) is 0 Å². The molecule has 0 saturated carbocycles. The van der Waals surface area contributed by atoms with Gasteiger partial charge in [0.2, 0.25) is 0 Å². The van der Waals surface area contributed by atoms with Crippen LogP contribution in [0.25, 0.3) is 0 Å². The molecule has 2 N–H and O–H groups in total. The average molecular weight is 226 g/mol. The van der Waals surface area contributed by atoms with E-state index in [-0.39, 0.29) is 0 Å². The van der Waals surface area contributed by atoms with Gasteiger partial charge < -0.3 is 10.6 Å². The molecule has 0 aliphatic carbocycles. The Kier molecular flexibility index (Phi) is 5.26. The molecule has 2 nitrogen and oxygen atoms in total. The van der Waals surface area contributed by atoms with Gasteiger partial charge in [0, 0.05) is 13.1 Å². The maximum Gasteiger partial charge on any atom is 0.00500 e. The van der Waals surface area contributed by atoms with Crippen LogP contribution in [-0.2, 0) is 0 Å². The summed E-state index contributed by atoms with van der Waals surface area (Å²) in [5.74, 6) is 1.74. The molecule has 0 aromatic carbocycles. The Labute approximate surface area is 102 Å². The topological polar surface area (TPSA) is 29.3 Å². The fourth-order valence-corrected chi connectivity index (χ4v) is 2.85. The summed E-state index contributed by atoms with van der Waals surface area (Å²) in [7, 11) is 0. The van der Waals surface area contributed by atoms with Crippen LogP contribution in [0.2, 0.25) is 0 Å². The third kappa shape index (κ3) is 3.21. The molecule has 0 spiro atoms. The van der Waals surface area contributed by atoms with Crippen molar-refractivity contribution in [2.45, 2.75) is 47.0 Å². The molecule has 1 saturated heterocycles. The number of nitrogens with zero attached hydrogens (tertiary/aromatic N) is 1. The molecule has 0 aromatic rings. The molecule has 0 amide bonds. The van der Waals surface area contributed by atoms with Crippen LogP contribution in [0.1, 0.15) is 47.0 Å². The second kappa shape index (κ2) is 6.02. The summed E-state index contributed by atoms with van der Waals surface area (Å²) in [5, 5.41) is 0. The molecule has 1 aliphatic heterocycles. The first-order valence-electron chi connectivity index (χ1n) is 6.99. The van der Waals surface area contributed by atoms with Gasteiger partial charge in [-0.05, 0) is 49.6 Å². The highest BCUT2D eigenvalue weighted by Gasteiger charge is 2.32. The van der Waals surface area contributed by atoms with Crippen LogP contribution in [0.5, 0.6) is 0 Å². The fraction of sp³-hybridized carbons (Fsp3) is 1.00. The Morgan fingerprint density at radius 1 is 1.31 bits per heavy atom. The van der Waals surface area contributed by atoms with Gasteiger partial charge in [-0.15, -0.1) is 0 Å². The van der Waals surface area contributed by atoms with E-state index in [9.17, 15) is 0 Å². The van der Waals surface area contributed by atoms with E-state index >= 15 is 0 Å². The van der Waals surface area contributed by atoms with Gasteiger partial charge in [0.05, 0.1) is 0 Å². The second-order valence-corrected chi connectivity index (χ2v) is 5.94. The average Bonchev–Trinajstić information content (AvgIpc) is 2.74. The largest absolute Gasteiger partial charge is 0.330 e. The maximum absolute atomic E-state index is 5.97. The lowest BCUT2D eigenvalue weighted by Gasteiger charge is -2.34. The summed E-state index contributed by atoms with van der Waals surface area (Å²) in [5.41, 5.74) is 6.34. The quantitative estimate of drug-likeness (QED) is 0.754. The van der Waals surface area contributed by atoms with E-state index < -0.39 is 0 Å². The minimum atomic E-state index is 0.367. The molecule has 0 radical (unpaired) electrons. The van der Waals surface area contributed by atoms with Crippen LogP contribution in [0.4, 0.5) is 0 Å². The lowest BCUT2D eigenvalue weighted by molar-refractivity contribution is 0.159. The molecule has 1 unspecified atom stereocenters. The Bertz CT molecular complexity index is 189. The van der Waals surface area contributed by atoms with Gasteiger partial charge >= 0.3 is 0 Å². The van der Waals surface area contributed by atoms with E-state index in [4.69, 9.17) is 5.73 Å². The minimum Gasteiger partial charge on any atom is -0.330 e. The maximum atomic E-state index is 5.97. The van der Waals surface area contributed by atoms with Crippen molar-refractivity contribution in [2.24, 2.45) is 23.0 Å². The van der Waals surface area contributed by atoms with Crippen LogP contribution in [0.15, 0.2) is 0 Å². The highest BCUT2D eigenvalue weighted by atomic mass is 15.2. The molecular formula is C14H30N2. The molecule has 2 heteroatoms. The highest BCUT2D eigenvalue weighted by molar-refractivity contribution is 4.86. The molecule has 1 aliphatic rings. The molecule has 1 fully saturated rings. The number of nitrogens with two attached hydrogens (primary N) is 1. The Morgan fingerprint density at radius 2 is 1.94 bits per heavy atom. The van der Waals surface area contributed by atoms with Crippen molar-refractivity contribution < 1.29 is 0 Å². The van der Waals surface area contributed by atoms with Crippen LogP contribution in [-0.4, -0.2) is 31.1 Å². The van der Waals surface area contributed by atoms with E-state index in [2.05, 4.69) is 32.6 Å². The molecule has 1 atom stereocenters. The van der Waals surface area contributed by atoms with Gasteiger partial charge in [0.15, 0.2) is 0 Å². The summed E-state index contributed by atoms with van der Waals surface area (Å²) >= 11 is 0. The normalized spacial score (nSPS) is 23.2. The number of rotatable bonds is 6. The zero-order chi connectivity index (χ0) is 12.2. The van der Waals surface area contributed by atoms with Gasteiger partial charge in [-0.25, -0.2) is 0 Å². The van der Waals surface area contributed by atoms with Crippen molar-refractivity contribution >= 4 is 0 Å². The van der Waals surface area contributed by atoms with Crippen molar-refractivity contribution in [3.05, 3.63) is 0 Å². The summed E-state index contributed by atoms with van der Waals surface area (Å²) in [6.07, 6.45) is 3.80. The predicted molar refractivity (Wildman–Crippen MR) is 71.5 cm³/mol. The number of likely N-dealkylation sites (tertiary alicyclic amines) is 1. The Hall–Kier alpha value is -0.0800. The van der Waals surface area contributed by atoms with Gasteiger partial charge in [0.1, 0.15) is 0 Å². The molecule has 96 valence electrons. The van der Waals surface area contributed by atoms with Crippen LogP contribution >= 0.6 is 0 Å². The zero-order valence-electron chi connectivity index (χ0n) is 11.6. The first-order valence-corrected chi connectivity index (χ1v) is 6.99. The van der Waals surface area contributed by atoms with E-state index in [1.165, 1.54) is 38.9 Å². The Morgan fingerprint density at radius 3 is 2.31 bits per heavy atom. The fourth-order valence-electron chi connectivity index (χ4n) is 2.85. The van der Waals surface area contributed by atoms with E-state index in [1.54, 1.807) is 0 Å². The van der Waals surface area contributed by atoms with Crippen LogP contribution < -0.4 is 5.73 Å². The molecule has 1 rings (SSSR count).